The van der Waals surface area contributed by atoms with Gasteiger partial charge in [-0.25, -0.2) is 0 Å². The first-order valence-corrected chi connectivity index (χ1v) is 5.03. The molecule has 1 atom stereocenters. The van der Waals surface area contributed by atoms with Crippen LogP contribution in [0.2, 0.25) is 0 Å². The van der Waals surface area contributed by atoms with Crippen molar-refractivity contribution in [2.75, 3.05) is 6.54 Å². The van der Waals surface area contributed by atoms with Gasteiger partial charge in [-0.05, 0) is 12.8 Å². The van der Waals surface area contributed by atoms with E-state index in [0.717, 1.165) is 0 Å². The Morgan fingerprint density at radius 2 is 1.54 bits per heavy atom. The van der Waals surface area contributed by atoms with Gasteiger partial charge < -0.3 is 11.5 Å². The Morgan fingerprint density at radius 3 is 1.69 bits per heavy atom. The summed E-state index contributed by atoms with van der Waals surface area (Å²) in [5.74, 6) is 0. The van der Waals surface area contributed by atoms with Gasteiger partial charge in [0.1, 0.15) is 0 Å². The fraction of sp³-hybridized carbons (Fsp3) is 1.00. The number of alkyl halides is 4. The fourth-order valence-corrected chi connectivity index (χ4v) is 2.39. The minimum Gasteiger partial charge on any atom is -0.329 e. The van der Waals surface area contributed by atoms with Gasteiger partial charge in [0, 0.05) is 27.6 Å². The summed E-state index contributed by atoms with van der Waals surface area (Å²) in [5.41, 5.74) is 10.4. The molecule has 1 aliphatic rings. The molecule has 4 N–H and O–H groups in total. The van der Waals surface area contributed by atoms with Gasteiger partial charge in [-0.1, -0.05) is 46.4 Å². The number of rotatable bonds is 1. The van der Waals surface area contributed by atoms with Crippen molar-refractivity contribution in [2.24, 2.45) is 11.5 Å². The van der Waals surface area contributed by atoms with Crippen LogP contribution in [0.4, 0.5) is 0 Å². The van der Waals surface area contributed by atoms with Crippen LogP contribution in [-0.2, 0) is 21.1 Å². The summed E-state index contributed by atoms with van der Waals surface area (Å²) >= 11 is 23.7. The molecule has 1 rings (SSSR count). The van der Waals surface area contributed by atoms with Crippen molar-refractivity contribution >= 4 is 46.4 Å². The van der Waals surface area contributed by atoms with Crippen LogP contribution in [0.1, 0.15) is 12.8 Å². The summed E-state index contributed by atoms with van der Waals surface area (Å²) < 4.78 is -2.58. The van der Waals surface area contributed by atoms with Crippen molar-refractivity contribution in [3.63, 3.8) is 0 Å². The van der Waals surface area contributed by atoms with Crippen LogP contribution in [0, 0.1) is 0 Å². The van der Waals surface area contributed by atoms with E-state index in [9.17, 15) is 0 Å². The molecule has 0 aromatic rings. The molecule has 0 amide bonds. The van der Waals surface area contributed by atoms with Crippen LogP contribution in [0.3, 0.4) is 0 Å². The largest absolute Gasteiger partial charge is 0.329 e. The van der Waals surface area contributed by atoms with Crippen LogP contribution in [0.25, 0.3) is 0 Å². The minimum absolute atomic E-state index is 0. The number of nitrogens with two attached hydrogens (primary N) is 2. The van der Waals surface area contributed by atoms with E-state index in [2.05, 4.69) is 0 Å². The maximum Gasteiger partial charge on any atom is 0.169 e. The molecular formula is C6H10Cl4N2Pt. The van der Waals surface area contributed by atoms with E-state index in [1.807, 2.05) is 0 Å². The molecule has 0 heterocycles. The average molecular weight is 447 g/mol. The summed E-state index contributed by atoms with van der Waals surface area (Å²) in [6, 6.07) is 0. The first-order chi connectivity index (χ1) is 5.27. The zero-order valence-electron chi connectivity index (χ0n) is 6.60. The van der Waals surface area contributed by atoms with Gasteiger partial charge in [0.2, 0.25) is 0 Å². The van der Waals surface area contributed by atoms with Gasteiger partial charge in [-0.2, -0.15) is 0 Å². The fourth-order valence-electron chi connectivity index (χ4n) is 1.29. The van der Waals surface area contributed by atoms with Crippen LogP contribution >= 0.6 is 46.4 Å². The Balaban J connectivity index is 0.00000144. The van der Waals surface area contributed by atoms with Crippen LogP contribution in [0.5, 0.6) is 0 Å². The average Bonchev–Trinajstić information content (AvgIpc) is 2.12. The van der Waals surface area contributed by atoms with Gasteiger partial charge in [0.25, 0.3) is 0 Å². The Labute approximate surface area is 112 Å². The molecular weight excluding hydrogens is 437 g/mol. The molecule has 1 aliphatic carbocycles. The van der Waals surface area contributed by atoms with E-state index >= 15 is 0 Å². The summed E-state index contributed by atoms with van der Waals surface area (Å²) in [5, 5.41) is 0. The van der Waals surface area contributed by atoms with Crippen LogP contribution in [-0.4, -0.2) is 20.8 Å². The minimum atomic E-state index is -1.38. The topological polar surface area (TPSA) is 52.0 Å². The van der Waals surface area contributed by atoms with Crippen molar-refractivity contribution in [1.29, 1.82) is 0 Å². The predicted octanol–water partition coefficient (Wildman–Crippen LogP) is 1.78. The normalized spacial score (nSPS) is 35.5. The molecule has 0 aromatic heterocycles. The second kappa shape index (κ2) is 4.33. The zero-order chi connectivity index (χ0) is 9.62. The monoisotopic (exact) mass is 445 g/mol. The van der Waals surface area contributed by atoms with Gasteiger partial charge in [-0.15, -0.1) is 0 Å². The van der Waals surface area contributed by atoms with E-state index in [4.69, 9.17) is 57.9 Å². The second-order valence-electron chi connectivity index (χ2n) is 3.14. The van der Waals surface area contributed by atoms with Gasteiger partial charge in [0.15, 0.2) is 8.67 Å². The van der Waals surface area contributed by atoms with E-state index in [0.29, 0.717) is 12.8 Å². The van der Waals surface area contributed by atoms with E-state index in [1.54, 1.807) is 0 Å². The third-order valence-electron chi connectivity index (χ3n) is 2.33. The van der Waals surface area contributed by atoms with Crippen molar-refractivity contribution in [1.82, 2.24) is 0 Å². The molecule has 0 bridgehead atoms. The molecule has 82 valence electrons. The molecule has 2 nitrogen and oxygen atoms in total. The standard InChI is InChI=1S/C6H10Cl4N2.Pt/c7-5(8)2-1-4(12,3-11)6(5,9)10;/h1-3,11-12H2;. The molecule has 1 unspecified atom stereocenters. The van der Waals surface area contributed by atoms with E-state index in [-0.39, 0.29) is 27.6 Å². The van der Waals surface area contributed by atoms with E-state index < -0.39 is 14.2 Å². The van der Waals surface area contributed by atoms with Crippen LogP contribution < -0.4 is 11.5 Å². The second-order valence-corrected chi connectivity index (χ2v) is 5.95. The molecule has 1 fully saturated rings. The van der Waals surface area contributed by atoms with Gasteiger partial charge in [0.05, 0.1) is 5.54 Å². The van der Waals surface area contributed by atoms with Gasteiger partial charge in [-0.3, -0.25) is 0 Å². The summed E-state index contributed by atoms with van der Waals surface area (Å²) in [6.07, 6.45) is 0.986. The molecule has 0 spiro atoms. The summed E-state index contributed by atoms with van der Waals surface area (Å²) in [6.45, 7) is 0.168. The van der Waals surface area contributed by atoms with Crippen molar-refractivity contribution < 1.29 is 21.1 Å². The molecule has 0 saturated heterocycles. The van der Waals surface area contributed by atoms with Gasteiger partial charge >= 0.3 is 0 Å². The predicted molar refractivity (Wildman–Crippen MR) is 54.1 cm³/mol. The van der Waals surface area contributed by atoms with Crippen LogP contribution in [0.15, 0.2) is 0 Å². The number of halogens is 4. The maximum absolute atomic E-state index is 5.96. The first kappa shape index (κ1) is 14.8. The van der Waals surface area contributed by atoms with Crippen molar-refractivity contribution in [3.05, 3.63) is 0 Å². The first-order valence-electron chi connectivity index (χ1n) is 3.51. The van der Waals surface area contributed by atoms with Crippen molar-refractivity contribution in [2.45, 2.75) is 27.0 Å². The Kier molecular flexibility index (Phi) is 4.92. The van der Waals surface area contributed by atoms with Crippen molar-refractivity contribution in [3.8, 4) is 0 Å². The molecule has 0 aliphatic heterocycles. The summed E-state index contributed by atoms with van der Waals surface area (Å²) in [4.78, 5) is 0. The Bertz CT molecular complexity index is 199. The smallest absolute Gasteiger partial charge is 0.169 e. The molecule has 0 aromatic carbocycles. The molecule has 13 heavy (non-hydrogen) atoms. The maximum atomic E-state index is 5.96. The molecule has 0 radical (unpaired) electrons. The Hall–Kier alpha value is 1.77. The Morgan fingerprint density at radius 1 is 1.08 bits per heavy atom. The zero-order valence-corrected chi connectivity index (χ0v) is 11.9. The molecule has 1 saturated carbocycles. The van der Waals surface area contributed by atoms with E-state index in [1.165, 1.54) is 0 Å². The SMILES string of the molecule is NCC1(N)CCC(Cl)(Cl)C1(Cl)Cl.[Pt]. The summed E-state index contributed by atoms with van der Waals surface area (Å²) in [7, 11) is 0. The third-order valence-corrected chi connectivity index (χ3v) is 5.06. The third kappa shape index (κ3) is 2.15. The quantitative estimate of drug-likeness (QED) is 0.603. The number of hydrogen-bond acceptors (Lipinski definition) is 2. The number of hydrogen-bond donors (Lipinski definition) is 2. The molecule has 7 heteroatoms.